The molecule has 2 N–H and O–H groups in total. The van der Waals surface area contributed by atoms with Crippen LogP contribution in [0.2, 0.25) is 0 Å². The fourth-order valence-corrected chi connectivity index (χ4v) is 1.92. The average molecular weight is 237 g/mol. The van der Waals surface area contributed by atoms with E-state index in [0.717, 1.165) is 5.56 Å². The summed E-state index contributed by atoms with van der Waals surface area (Å²) in [4.78, 5) is 0.310. The van der Waals surface area contributed by atoms with Crippen molar-refractivity contribution >= 4 is 9.84 Å². The highest BCUT2D eigenvalue weighted by atomic mass is 32.2. The van der Waals surface area contributed by atoms with Crippen LogP contribution in [0.25, 0.3) is 0 Å². The summed E-state index contributed by atoms with van der Waals surface area (Å²) in [5, 5.41) is 0. The van der Waals surface area contributed by atoms with Crippen LogP contribution in [0.4, 0.5) is 0 Å². The molecule has 16 heavy (non-hydrogen) atoms. The molecule has 0 spiro atoms. The Morgan fingerprint density at radius 1 is 1.31 bits per heavy atom. The Balaban J connectivity index is 2.89. The summed E-state index contributed by atoms with van der Waals surface area (Å²) in [6, 6.07) is 6.45. The highest BCUT2D eigenvalue weighted by Crippen LogP contribution is 2.16. The van der Waals surface area contributed by atoms with Crippen molar-refractivity contribution in [2.24, 2.45) is 5.73 Å². The van der Waals surface area contributed by atoms with Crippen LogP contribution in [0.5, 0.6) is 0 Å². The Bertz CT molecular complexity index is 506. The van der Waals surface area contributed by atoms with Gasteiger partial charge in [-0.25, -0.2) is 8.42 Å². The lowest BCUT2D eigenvalue weighted by Gasteiger charge is -2.08. The zero-order valence-electron chi connectivity index (χ0n) is 9.40. The van der Waals surface area contributed by atoms with Crippen molar-refractivity contribution in [1.82, 2.24) is 0 Å². The van der Waals surface area contributed by atoms with Gasteiger partial charge in [0.2, 0.25) is 0 Å². The summed E-state index contributed by atoms with van der Waals surface area (Å²) in [7, 11) is -3.13. The largest absolute Gasteiger partial charge is 0.323 e. The van der Waals surface area contributed by atoms with E-state index in [1.807, 2.05) is 0 Å². The van der Waals surface area contributed by atoms with Gasteiger partial charge >= 0.3 is 0 Å². The molecule has 0 saturated heterocycles. The maximum absolute atomic E-state index is 11.2. The first kappa shape index (κ1) is 12.8. The normalized spacial score (nSPS) is 12.7. The lowest BCUT2D eigenvalue weighted by Crippen LogP contribution is -2.09. The van der Waals surface area contributed by atoms with E-state index in [4.69, 9.17) is 5.73 Å². The van der Waals surface area contributed by atoms with Crippen LogP contribution in [0.3, 0.4) is 0 Å². The summed E-state index contributed by atoms with van der Waals surface area (Å²) in [5.74, 6) is 5.68. The molecule has 1 aromatic carbocycles. The Hall–Kier alpha value is -1.31. The summed E-state index contributed by atoms with van der Waals surface area (Å²) >= 11 is 0. The van der Waals surface area contributed by atoms with E-state index >= 15 is 0 Å². The van der Waals surface area contributed by atoms with Gasteiger partial charge in [0.05, 0.1) is 4.90 Å². The molecule has 0 saturated carbocycles. The number of sulfone groups is 1. The molecule has 0 bridgehead atoms. The quantitative estimate of drug-likeness (QED) is 0.810. The molecule has 3 nitrogen and oxygen atoms in total. The van der Waals surface area contributed by atoms with Gasteiger partial charge in [0.25, 0.3) is 0 Å². The molecule has 0 aliphatic carbocycles. The average Bonchev–Trinajstić information content (AvgIpc) is 2.25. The number of rotatable bonds is 3. The standard InChI is InChI=1S/C12H15NO2S/c1-3-4-5-12(13)10-6-8-11(9-7-10)16(2,14)15/h6-9,12H,5,13H2,1-2H3. The SMILES string of the molecule is CC#CCC(N)c1ccc(S(C)(=O)=O)cc1. The molecule has 86 valence electrons. The molecule has 1 atom stereocenters. The molecular formula is C12H15NO2S. The fraction of sp³-hybridized carbons (Fsp3) is 0.333. The Labute approximate surface area is 96.6 Å². The predicted molar refractivity (Wildman–Crippen MR) is 64.5 cm³/mol. The minimum absolute atomic E-state index is 0.166. The number of nitrogens with two attached hydrogens (primary N) is 1. The lowest BCUT2D eigenvalue weighted by atomic mass is 10.1. The maximum Gasteiger partial charge on any atom is 0.175 e. The van der Waals surface area contributed by atoms with Gasteiger partial charge in [0.15, 0.2) is 9.84 Å². The Morgan fingerprint density at radius 3 is 2.31 bits per heavy atom. The molecule has 1 unspecified atom stereocenters. The van der Waals surface area contributed by atoms with Gasteiger partial charge in [-0.2, -0.15) is 0 Å². The third kappa shape index (κ3) is 3.37. The van der Waals surface area contributed by atoms with Gasteiger partial charge in [-0.1, -0.05) is 12.1 Å². The summed E-state index contributed by atoms with van der Waals surface area (Å²) in [5.41, 5.74) is 6.79. The molecule has 0 aliphatic heterocycles. The molecule has 1 rings (SSSR count). The smallest absolute Gasteiger partial charge is 0.175 e. The van der Waals surface area contributed by atoms with E-state index in [9.17, 15) is 8.42 Å². The fourth-order valence-electron chi connectivity index (χ4n) is 1.29. The van der Waals surface area contributed by atoms with Crippen molar-refractivity contribution in [3.63, 3.8) is 0 Å². The van der Waals surface area contributed by atoms with Crippen molar-refractivity contribution in [3.8, 4) is 11.8 Å². The minimum atomic E-state index is -3.13. The molecular weight excluding hydrogens is 222 g/mol. The second kappa shape index (κ2) is 5.15. The van der Waals surface area contributed by atoms with Gasteiger partial charge in [-0.05, 0) is 24.6 Å². The first-order valence-corrected chi connectivity index (χ1v) is 6.79. The first-order chi connectivity index (χ1) is 7.45. The maximum atomic E-state index is 11.2. The summed E-state index contributed by atoms with van der Waals surface area (Å²) in [6.07, 6.45) is 1.76. The van der Waals surface area contributed by atoms with Gasteiger partial charge in [0, 0.05) is 18.7 Å². The molecule has 0 fully saturated rings. The highest BCUT2D eigenvalue weighted by Gasteiger charge is 2.08. The van der Waals surface area contributed by atoms with Crippen LogP contribution < -0.4 is 5.73 Å². The van der Waals surface area contributed by atoms with E-state index in [0.29, 0.717) is 11.3 Å². The molecule has 4 heteroatoms. The van der Waals surface area contributed by atoms with Crippen LogP contribution in [0.1, 0.15) is 24.9 Å². The highest BCUT2D eigenvalue weighted by molar-refractivity contribution is 7.90. The zero-order chi connectivity index (χ0) is 12.2. The molecule has 0 aromatic heterocycles. The van der Waals surface area contributed by atoms with Crippen LogP contribution in [0, 0.1) is 11.8 Å². The van der Waals surface area contributed by atoms with Gasteiger partial charge in [-0.15, -0.1) is 11.8 Å². The number of hydrogen-bond donors (Lipinski definition) is 1. The third-order valence-corrected chi connectivity index (χ3v) is 3.36. The van der Waals surface area contributed by atoms with E-state index in [2.05, 4.69) is 11.8 Å². The zero-order valence-corrected chi connectivity index (χ0v) is 10.2. The van der Waals surface area contributed by atoms with E-state index < -0.39 is 9.84 Å². The van der Waals surface area contributed by atoms with Crippen molar-refractivity contribution in [2.45, 2.75) is 24.3 Å². The molecule has 0 radical (unpaired) electrons. The van der Waals surface area contributed by atoms with E-state index in [-0.39, 0.29) is 6.04 Å². The van der Waals surface area contributed by atoms with E-state index in [1.54, 1.807) is 31.2 Å². The summed E-state index contributed by atoms with van der Waals surface area (Å²) in [6.45, 7) is 1.76. The molecule has 0 aliphatic rings. The predicted octanol–water partition coefficient (Wildman–Crippen LogP) is 1.50. The van der Waals surface area contributed by atoms with Gasteiger partial charge < -0.3 is 5.73 Å². The van der Waals surface area contributed by atoms with Crippen LogP contribution >= 0.6 is 0 Å². The number of hydrogen-bond acceptors (Lipinski definition) is 3. The van der Waals surface area contributed by atoms with Crippen LogP contribution in [-0.4, -0.2) is 14.7 Å². The Morgan fingerprint density at radius 2 is 1.88 bits per heavy atom. The van der Waals surface area contributed by atoms with Crippen molar-refractivity contribution in [3.05, 3.63) is 29.8 Å². The van der Waals surface area contributed by atoms with Crippen molar-refractivity contribution in [1.29, 1.82) is 0 Å². The van der Waals surface area contributed by atoms with E-state index in [1.165, 1.54) is 6.26 Å². The summed E-state index contributed by atoms with van der Waals surface area (Å²) < 4.78 is 22.5. The first-order valence-electron chi connectivity index (χ1n) is 4.90. The molecule has 1 aromatic rings. The molecule has 0 amide bonds. The number of benzene rings is 1. The monoisotopic (exact) mass is 237 g/mol. The van der Waals surface area contributed by atoms with Crippen molar-refractivity contribution < 1.29 is 8.42 Å². The second-order valence-electron chi connectivity index (χ2n) is 3.58. The van der Waals surface area contributed by atoms with Crippen molar-refractivity contribution in [2.75, 3.05) is 6.26 Å². The topological polar surface area (TPSA) is 60.2 Å². The van der Waals surface area contributed by atoms with Crippen LogP contribution in [0.15, 0.2) is 29.2 Å². The van der Waals surface area contributed by atoms with Crippen LogP contribution in [-0.2, 0) is 9.84 Å². The third-order valence-electron chi connectivity index (χ3n) is 2.24. The molecule has 0 heterocycles. The van der Waals surface area contributed by atoms with Gasteiger partial charge in [0.1, 0.15) is 0 Å². The van der Waals surface area contributed by atoms with Gasteiger partial charge in [-0.3, -0.25) is 0 Å². The Kier molecular flexibility index (Phi) is 4.11. The minimum Gasteiger partial charge on any atom is -0.323 e. The second-order valence-corrected chi connectivity index (χ2v) is 5.59. The lowest BCUT2D eigenvalue weighted by molar-refractivity contribution is 0.601.